The standard InChI is InChI=1S/C14H11NOS/c16-13(14-6-3-7-17-14)8-10-9-15-12-5-2-1-4-11(10)12/h1-7,9,15H,8H2. The molecule has 0 aliphatic heterocycles. The first-order chi connectivity index (χ1) is 8.34. The second kappa shape index (κ2) is 4.18. The van der Waals surface area contributed by atoms with Crippen LogP contribution in [0.25, 0.3) is 10.9 Å². The highest BCUT2D eigenvalue weighted by Crippen LogP contribution is 2.20. The summed E-state index contributed by atoms with van der Waals surface area (Å²) in [6.45, 7) is 0. The van der Waals surface area contributed by atoms with Crippen molar-refractivity contribution in [1.82, 2.24) is 4.98 Å². The van der Waals surface area contributed by atoms with Crippen molar-refractivity contribution in [2.24, 2.45) is 0 Å². The second-order valence-corrected chi connectivity index (χ2v) is 4.88. The van der Waals surface area contributed by atoms with Gasteiger partial charge in [-0.15, -0.1) is 11.3 Å². The molecule has 3 aromatic rings. The van der Waals surface area contributed by atoms with Crippen molar-refractivity contribution in [3.63, 3.8) is 0 Å². The molecule has 2 aromatic heterocycles. The Kier molecular flexibility index (Phi) is 2.53. The van der Waals surface area contributed by atoms with Crippen molar-refractivity contribution in [3.8, 4) is 0 Å². The second-order valence-electron chi connectivity index (χ2n) is 3.94. The van der Waals surface area contributed by atoms with E-state index >= 15 is 0 Å². The molecule has 2 nitrogen and oxygen atoms in total. The number of carbonyl (C=O) groups is 1. The number of Topliss-reactive ketones (excluding diaryl/α,β-unsaturated/α-hetero) is 1. The van der Waals surface area contributed by atoms with Crippen LogP contribution in [-0.2, 0) is 6.42 Å². The van der Waals surface area contributed by atoms with Crippen LogP contribution in [0.2, 0.25) is 0 Å². The highest BCUT2D eigenvalue weighted by atomic mass is 32.1. The number of hydrogen-bond donors (Lipinski definition) is 1. The molecule has 0 amide bonds. The molecule has 0 atom stereocenters. The fraction of sp³-hybridized carbons (Fsp3) is 0.0714. The molecule has 0 radical (unpaired) electrons. The van der Waals surface area contributed by atoms with Gasteiger partial charge >= 0.3 is 0 Å². The predicted molar refractivity (Wildman–Crippen MR) is 70.7 cm³/mol. The third kappa shape index (κ3) is 1.89. The van der Waals surface area contributed by atoms with Crippen LogP contribution in [0.3, 0.4) is 0 Å². The maximum absolute atomic E-state index is 12.0. The Morgan fingerprint density at radius 3 is 2.88 bits per heavy atom. The molecule has 0 aliphatic carbocycles. The van der Waals surface area contributed by atoms with Gasteiger partial charge in [0.15, 0.2) is 5.78 Å². The van der Waals surface area contributed by atoms with Crippen LogP contribution >= 0.6 is 11.3 Å². The monoisotopic (exact) mass is 241 g/mol. The average molecular weight is 241 g/mol. The molecule has 0 unspecified atom stereocenters. The van der Waals surface area contributed by atoms with Gasteiger partial charge in [0.2, 0.25) is 0 Å². The summed E-state index contributed by atoms with van der Waals surface area (Å²) in [4.78, 5) is 16.0. The minimum Gasteiger partial charge on any atom is -0.361 e. The maximum atomic E-state index is 12.0. The van der Waals surface area contributed by atoms with Gasteiger partial charge in [-0.1, -0.05) is 24.3 Å². The highest BCUT2D eigenvalue weighted by molar-refractivity contribution is 7.12. The van der Waals surface area contributed by atoms with Crippen LogP contribution in [0, 0.1) is 0 Å². The molecule has 1 aromatic carbocycles. The number of aromatic amines is 1. The van der Waals surface area contributed by atoms with Crippen LogP contribution in [0.15, 0.2) is 48.0 Å². The van der Waals surface area contributed by atoms with Gasteiger partial charge < -0.3 is 4.98 Å². The third-order valence-electron chi connectivity index (χ3n) is 2.82. The van der Waals surface area contributed by atoms with Crippen molar-refractivity contribution in [1.29, 1.82) is 0 Å². The first-order valence-electron chi connectivity index (χ1n) is 5.46. The van der Waals surface area contributed by atoms with E-state index in [1.54, 1.807) is 0 Å². The number of hydrogen-bond acceptors (Lipinski definition) is 2. The molecule has 0 fully saturated rings. The normalized spacial score (nSPS) is 10.8. The lowest BCUT2D eigenvalue weighted by Crippen LogP contribution is -2.00. The summed E-state index contributed by atoms with van der Waals surface area (Å²) in [6, 6.07) is 11.8. The molecule has 1 N–H and O–H groups in total. The number of carbonyl (C=O) groups excluding carboxylic acids is 1. The van der Waals surface area contributed by atoms with Gasteiger partial charge in [0.1, 0.15) is 0 Å². The lowest BCUT2D eigenvalue weighted by Gasteiger charge is -1.97. The van der Waals surface area contributed by atoms with Gasteiger partial charge in [-0.25, -0.2) is 0 Å². The van der Waals surface area contributed by atoms with Gasteiger partial charge in [0.25, 0.3) is 0 Å². The van der Waals surface area contributed by atoms with Crippen molar-refractivity contribution < 1.29 is 4.79 Å². The molecule has 0 spiro atoms. The van der Waals surface area contributed by atoms with Crippen molar-refractivity contribution in [2.75, 3.05) is 0 Å². The van der Waals surface area contributed by atoms with Crippen molar-refractivity contribution in [2.45, 2.75) is 6.42 Å². The molecular formula is C14H11NOS. The average Bonchev–Trinajstić information content (AvgIpc) is 2.98. The Morgan fingerprint density at radius 1 is 1.18 bits per heavy atom. The molecule has 84 valence electrons. The number of H-pyrrole nitrogens is 1. The number of ketones is 1. The summed E-state index contributed by atoms with van der Waals surface area (Å²) in [6.07, 6.45) is 2.39. The zero-order valence-electron chi connectivity index (χ0n) is 9.14. The predicted octanol–water partition coefficient (Wildman–Crippen LogP) is 3.65. The van der Waals surface area contributed by atoms with E-state index in [9.17, 15) is 4.79 Å². The fourth-order valence-corrected chi connectivity index (χ4v) is 2.64. The number of benzene rings is 1. The third-order valence-corrected chi connectivity index (χ3v) is 3.73. The molecule has 0 saturated heterocycles. The molecule has 3 rings (SSSR count). The number of aromatic nitrogens is 1. The highest BCUT2D eigenvalue weighted by Gasteiger charge is 2.10. The quantitative estimate of drug-likeness (QED) is 0.697. The maximum Gasteiger partial charge on any atom is 0.177 e. The summed E-state index contributed by atoms with van der Waals surface area (Å²) in [5, 5.41) is 3.07. The number of fused-ring (bicyclic) bond motifs is 1. The lowest BCUT2D eigenvalue weighted by molar-refractivity contribution is 0.0997. The van der Waals surface area contributed by atoms with Gasteiger partial charge in [0.05, 0.1) is 4.88 Å². The molecule has 0 saturated carbocycles. The zero-order chi connectivity index (χ0) is 11.7. The van der Waals surface area contributed by atoms with Crippen LogP contribution in [0.5, 0.6) is 0 Å². The number of rotatable bonds is 3. The Labute approximate surface area is 103 Å². The van der Waals surface area contributed by atoms with Gasteiger partial charge in [-0.3, -0.25) is 4.79 Å². The Hall–Kier alpha value is -1.87. The van der Waals surface area contributed by atoms with E-state index in [0.29, 0.717) is 6.42 Å². The molecule has 17 heavy (non-hydrogen) atoms. The van der Waals surface area contributed by atoms with Gasteiger partial charge in [-0.2, -0.15) is 0 Å². The van der Waals surface area contributed by atoms with E-state index < -0.39 is 0 Å². The van der Waals surface area contributed by atoms with Crippen LogP contribution < -0.4 is 0 Å². The Morgan fingerprint density at radius 2 is 2.06 bits per heavy atom. The summed E-state index contributed by atoms with van der Waals surface area (Å²) in [5.41, 5.74) is 2.15. The molecule has 2 heterocycles. The Bertz CT molecular complexity index is 652. The minimum atomic E-state index is 0.185. The molecule has 0 aliphatic rings. The van der Waals surface area contributed by atoms with E-state index in [4.69, 9.17) is 0 Å². The SMILES string of the molecule is O=C(Cc1c[nH]c2ccccc12)c1cccs1. The van der Waals surface area contributed by atoms with E-state index in [-0.39, 0.29) is 5.78 Å². The van der Waals surface area contributed by atoms with Crippen LogP contribution in [0.4, 0.5) is 0 Å². The minimum absolute atomic E-state index is 0.185. The lowest BCUT2D eigenvalue weighted by atomic mass is 10.1. The molecule has 3 heteroatoms. The Balaban J connectivity index is 1.93. The van der Waals surface area contributed by atoms with E-state index in [2.05, 4.69) is 4.98 Å². The summed E-state index contributed by atoms with van der Waals surface area (Å²) < 4.78 is 0. The van der Waals surface area contributed by atoms with E-state index in [0.717, 1.165) is 21.3 Å². The largest absolute Gasteiger partial charge is 0.361 e. The van der Waals surface area contributed by atoms with Gasteiger partial charge in [-0.05, 0) is 23.1 Å². The molecule has 0 bridgehead atoms. The topological polar surface area (TPSA) is 32.9 Å². The summed E-state index contributed by atoms with van der Waals surface area (Å²) in [7, 11) is 0. The zero-order valence-corrected chi connectivity index (χ0v) is 9.96. The van der Waals surface area contributed by atoms with Crippen molar-refractivity contribution >= 4 is 28.0 Å². The molecular weight excluding hydrogens is 230 g/mol. The smallest absolute Gasteiger partial charge is 0.177 e. The number of nitrogens with one attached hydrogen (secondary N) is 1. The number of thiophene rings is 1. The summed E-state index contributed by atoms with van der Waals surface area (Å²) in [5.74, 6) is 0.185. The first-order valence-corrected chi connectivity index (χ1v) is 6.34. The van der Waals surface area contributed by atoms with Crippen molar-refractivity contribution in [3.05, 3.63) is 58.4 Å². The van der Waals surface area contributed by atoms with Gasteiger partial charge in [0, 0.05) is 23.5 Å². The fourth-order valence-electron chi connectivity index (χ4n) is 1.98. The van der Waals surface area contributed by atoms with Crippen LogP contribution in [0.1, 0.15) is 15.2 Å². The van der Waals surface area contributed by atoms with E-state index in [1.807, 2.05) is 48.0 Å². The van der Waals surface area contributed by atoms with E-state index in [1.165, 1.54) is 11.3 Å². The van der Waals surface area contributed by atoms with Crippen LogP contribution in [-0.4, -0.2) is 10.8 Å². The number of para-hydroxylation sites is 1. The summed E-state index contributed by atoms with van der Waals surface area (Å²) >= 11 is 1.50. The first kappa shape index (κ1) is 10.3.